The van der Waals surface area contributed by atoms with Crippen LogP contribution in [0.15, 0.2) is 12.7 Å². The van der Waals surface area contributed by atoms with Crippen molar-refractivity contribution < 1.29 is 0 Å². The Labute approximate surface area is 92.2 Å². The molecular weight excluding hydrogens is 192 g/mol. The lowest BCUT2D eigenvalue weighted by molar-refractivity contribution is 0.457. The molecule has 0 atom stereocenters. The van der Waals surface area contributed by atoms with Gasteiger partial charge in [-0.15, -0.1) is 13.0 Å². The molecule has 0 aromatic carbocycles. The first-order valence-corrected chi connectivity index (χ1v) is 5.19. The lowest BCUT2D eigenvalue weighted by atomic mass is 9.94. The minimum Gasteiger partial charge on any atom is -0.359 e. The van der Waals surface area contributed by atoms with E-state index in [1.165, 1.54) is 0 Å². The van der Waals surface area contributed by atoms with Gasteiger partial charge in [0.15, 0.2) is 5.11 Å². The summed E-state index contributed by atoms with van der Waals surface area (Å²) in [4.78, 5) is 0. The second-order valence-electron chi connectivity index (χ2n) is 3.06. The molecule has 0 rings (SSSR count). The fourth-order valence-corrected chi connectivity index (χ4v) is 1.37. The van der Waals surface area contributed by atoms with Crippen LogP contribution in [0.1, 0.15) is 26.7 Å². The molecule has 0 aromatic rings. The van der Waals surface area contributed by atoms with Crippen molar-refractivity contribution in [2.45, 2.75) is 32.2 Å². The van der Waals surface area contributed by atoms with Gasteiger partial charge in [-0.2, -0.15) is 0 Å². The van der Waals surface area contributed by atoms with E-state index in [9.17, 15) is 0 Å². The van der Waals surface area contributed by atoms with Gasteiger partial charge in [-0.05, 0) is 25.1 Å². The Morgan fingerprint density at radius 2 is 2.14 bits per heavy atom. The van der Waals surface area contributed by atoms with Gasteiger partial charge in [0.05, 0.1) is 5.54 Å². The number of rotatable bonds is 5. The monoisotopic (exact) mass is 210 g/mol. The van der Waals surface area contributed by atoms with E-state index in [1.807, 2.05) is 13.8 Å². The van der Waals surface area contributed by atoms with Crippen molar-refractivity contribution in [3.63, 3.8) is 0 Å². The predicted octanol–water partition coefficient (Wildman–Crippen LogP) is 1.83. The quantitative estimate of drug-likeness (QED) is 0.411. The van der Waals surface area contributed by atoms with Crippen molar-refractivity contribution in [3.8, 4) is 12.3 Å². The second kappa shape index (κ2) is 6.44. The molecule has 0 aliphatic carbocycles. The maximum absolute atomic E-state index is 5.49. The van der Waals surface area contributed by atoms with Gasteiger partial charge >= 0.3 is 0 Å². The van der Waals surface area contributed by atoms with Gasteiger partial charge in [0.2, 0.25) is 0 Å². The Morgan fingerprint density at radius 3 is 2.50 bits per heavy atom. The van der Waals surface area contributed by atoms with E-state index in [-0.39, 0.29) is 5.54 Å². The molecule has 0 bridgehead atoms. The average Bonchev–Trinajstić information content (AvgIpc) is 2.23. The fourth-order valence-electron chi connectivity index (χ4n) is 1.09. The topological polar surface area (TPSA) is 24.1 Å². The zero-order valence-corrected chi connectivity index (χ0v) is 9.71. The molecule has 0 heterocycles. The van der Waals surface area contributed by atoms with Crippen molar-refractivity contribution in [3.05, 3.63) is 12.7 Å². The Morgan fingerprint density at radius 1 is 1.57 bits per heavy atom. The van der Waals surface area contributed by atoms with Crippen molar-refractivity contribution >= 4 is 17.3 Å². The van der Waals surface area contributed by atoms with Crippen LogP contribution < -0.4 is 10.6 Å². The second-order valence-corrected chi connectivity index (χ2v) is 3.47. The van der Waals surface area contributed by atoms with Gasteiger partial charge in [0, 0.05) is 6.54 Å². The lowest BCUT2D eigenvalue weighted by Crippen LogP contribution is -2.50. The predicted molar refractivity (Wildman–Crippen MR) is 66.1 cm³/mol. The van der Waals surface area contributed by atoms with Gasteiger partial charge in [0.1, 0.15) is 0 Å². The van der Waals surface area contributed by atoms with Crippen LogP contribution >= 0.6 is 12.2 Å². The van der Waals surface area contributed by atoms with Crippen LogP contribution in [0.5, 0.6) is 0 Å². The molecule has 0 spiro atoms. The van der Waals surface area contributed by atoms with Gasteiger partial charge < -0.3 is 10.6 Å². The smallest absolute Gasteiger partial charge is 0.167 e. The molecule has 0 amide bonds. The largest absolute Gasteiger partial charge is 0.359 e. The zero-order chi connectivity index (χ0) is 11.0. The molecule has 2 nitrogen and oxygen atoms in total. The molecule has 0 saturated heterocycles. The van der Waals surface area contributed by atoms with Gasteiger partial charge in [-0.1, -0.05) is 25.8 Å². The molecular formula is C11H18N2S. The fraction of sp³-hybridized carbons (Fsp3) is 0.545. The summed E-state index contributed by atoms with van der Waals surface area (Å²) in [5.74, 6) is 2.76. The zero-order valence-electron chi connectivity index (χ0n) is 8.89. The summed E-state index contributed by atoms with van der Waals surface area (Å²) >= 11 is 5.10. The highest BCUT2D eigenvalue weighted by Gasteiger charge is 2.23. The highest BCUT2D eigenvalue weighted by atomic mass is 32.1. The van der Waals surface area contributed by atoms with Crippen molar-refractivity contribution in [2.75, 3.05) is 6.54 Å². The molecule has 78 valence electrons. The van der Waals surface area contributed by atoms with Gasteiger partial charge in [0.25, 0.3) is 0 Å². The van der Waals surface area contributed by atoms with Crippen molar-refractivity contribution in [2.24, 2.45) is 0 Å². The lowest BCUT2D eigenvalue weighted by Gasteiger charge is -2.28. The van der Waals surface area contributed by atoms with E-state index in [2.05, 4.69) is 23.1 Å². The minimum absolute atomic E-state index is 0.314. The first-order valence-electron chi connectivity index (χ1n) is 4.78. The van der Waals surface area contributed by atoms with Gasteiger partial charge in [-0.25, -0.2) is 0 Å². The minimum atomic E-state index is -0.314. The van der Waals surface area contributed by atoms with E-state index in [4.69, 9.17) is 18.6 Å². The maximum atomic E-state index is 5.49. The molecule has 0 aliphatic rings. The van der Waals surface area contributed by atoms with E-state index in [0.29, 0.717) is 11.7 Å². The summed E-state index contributed by atoms with van der Waals surface area (Å²) < 4.78 is 0. The normalized spacial score (nSPS) is 10.1. The molecule has 0 radical (unpaired) electrons. The number of terminal acetylenes is 1. The summed E-state index contributed by atoms with van der Waals surface area (Å²) in [5.41, 5.74) is -0.314. The highest BCUT2D eigenvalue weighted by molar-refractivity contribution is 7.80. The first-order chi connectivity index (χ1) is 6.64. The van der Waals surface area contributed by atoms with Crippen LogP contribution in [0, 0.1) is 12.3 Å². The Kier molecular flexibility index (Phi) is 5.98. The molecule has 0 aromatic heterocycles. The van der Waals surface area contributed by atoms with E-state index >= 15 is 0 Å². The Bertz CT molecular complexity index is 236. The van der Waals surface area contributed by atoms with Crippen LogP contribution in [-0.4, -0.2) is 17.2 Å². The molecule has 0 saturated carbocycles. The van der Waals surface area contributed by atoms with E-state index < -0.39 is 0 Å². The Hall–Kier alpha value is -1.01. The Balaban J connectivity index is 4.24. The first kappa shape index (κ1) is 13.0. The summed E-state index contributed by atoms with van der Waals surface area (Å²) in [6, 6.07) is 0. The van der Waals surface area contributed by atoms with Gasteiger partial charge in [-0.3, -0.25) is 0 Å². The summed E-state index contributed by atoms with van der Waals surface area (Å²) in [6.45, 7) is 8.35. The van der Waals surface area contributed by atoms with Crippen LogP contribution in [0.25, 0.3) is 0 Å². The molecule has 0 unspecified atom stereocenters. The average molecular weight is 210 g/mol. The highest BCUT2D eigenvalue weighted by Crippen LogP contribution is 2.12. The van der Waals surface area contributed by atoms with Crippen molar-refractivity contribution in [1.82, 2.24) is 10.6 Å². The molecule has 0 fully saturated rings. The third kappa shape index (κ3) is 3.80. The SMILES string of the molecule is C#CC(CC)(CC)NC(=S)NCC=C. The molecule has 14 heavy (non-hydrogen) atoms. The van der Waals surface area contributed by atoms with Crippen LogP contribution in [0.2, 0.25) is 0 Å². The summed E-state index contributed by atoms with van der Waals surface area (Å²) in [6.07, 6.45) is 8.95. The molecule has 2 N–H and O–H groups in total. The van der Waals surface area contributed by atoms with Crippen LogP contribution in [0.4, 0.5) is 0 Å². The molecule has 3 heteroatoms. The summed E-state index contributed by atoms with van der Waals surface area (Å²) in [7, 11) is 0. The third-order valence-electron chi connectivity index (χ3n) is 2.24. The maximum Gasteiger partial charge on any atom is 0.167 e. The van der Waals surface area contributed by atoms with Crippen molar-refractivity contribution in [1.29, 1.82) is 0 Å². The van der Waals surface area contributed by atoms with E-state index in [1.54, 1.807) is 6.08 Å². The third-order valence-corrected chi connectivity index (χ3v) is 2.49. The van der Waals surface area contributed by atoms with E-state index in [0.717, 1.165) is 12.8 Å². The number of hydrogen-bond acceptors (Lipinski definition) is 1. The van der Waals surface area contributed by atoms with Crippen LogP contribution in [-0.2, 0) is 0 Å². The number of nitrogens with one attached hydrogen (secondary N) is 2. The van der Waals surface area contributed by atoms with Crippen LogP contribution in [0.3, 0.4) is 0 Å². The standard InChI is InChI=1S/C11H18N2S/c1-5-9-12-10(14)13-11(6-2,7-3)8-4/h2,5H,1,7-9H2,3-4H3,(H2,12,13,14). The number of hydrogen-bond donors (Lipinski definition) is 2. The summed E-state index contributed by atoms with van der Waals surface area (Å²) in [5, 5.41) is 6.74. The number of thiocarbonyl (C=S) groups is 1. The molecule has 0 aliphatic heterocycles.